The molecule has 7 heteroatoms. The lowest BCUT2D eigenvalue weighted by atomic mass is 10.1. The highest BCUT2D eigenvalue weighted by molar-refractivity contribution is 5.67. The SMILES string of the molecule is COCCNc1nc(Nc2ccc(F)c(F)c2)cc(-c2ccccc2)n1. The molecule has 2 N–H and O–H groups in total. The molecule has 0 aliphatic heterocycles. The summed E-state index contributed by atoms with van der Waals surface area (Å²) in [7, 11) is 1.61. The minimum atomic E-state index is -0.925. The van der Waals surface area contributed by atoms with Crippen molar-refractivity contribution in [2.24, 2.45) is 0 Å². The minimum absolute atomic E-state index is 0.393. The average Bonchev–Trinajstić information content (AvgIpc) is 2.66. The maximum atomic E-state index is 13.4. The van der Waals surface area contributed by atoms with Crippen LogP contribution in [0.5, 0.6) is 0 Å². The molecule has 0 radical (unpaired) electrons. The van der Waals surface area contributed by atoms with Gasteiger partial charge in [0.1, 0.15) is 5.82 Å². The smallest absolute Gasteiger partial charge is 0.225 e. The third-order valence-electron chi connectivity index (χ3n) is 3.58. The zero-order valence-electron chi connectivity index (χ0n) is 14.2. The van der Waals surface area contributed by atoms with Gasteiger partial charge in [0, 0.05) is 37.0 Å². The summed E-state index contributed by atoms with van der Waals surface area (Å²) in [6, 6.07) is 15.0. The number of nitrogens with one attached hydrogen (secondary N) is 2. The second kappa shape index (κ2) is 8.35. The molecule has 0 unspecified atom stereocenters. The van der Waals surface area contributed by atoms with Gasteiger partial charge in [0.2, 0.25) is 5.95 Å². The molecule has 0 saturated carbocycles. The van der Waals surface area contributed by atoms with Crippen molar-refractivity contribution in [2.75, 3.05) is 30.9 Å². The van der Waals surface area contributed by atoms with Crippen molar-refractivity contribution >= 4 is 17.5 Å². The Kier molecular flexibility index (Phi) is 5.70. The molecular formula is C19H18F2N4O. The van der Waals surface area contributed by atoms with E-state index in [9.17, 15) is 8.78 Å². The summed E-state index contributed by atoms with van der Waals surface area (Å²) in [4.78, 5) is 8.87. The third kappa shape index (κ3) is 4.52. The van der Waals surface area contributed by atoms with Gasteiger partial charge in [-0.3, -0.25) is 0 Å². The van der Waals surface area contributed by atoms with E-state index in [4.69, 9.17) is 4.74 Å². The molecule has 0 amide bonds. The molecule has 1 aromatic heterocycles. The van der Waals surface area contributed by atoms with Crippen LogP contribution in [-0.2, 0) is 4.74 Å². The predicted octanol–water partition coefficient (Wildman–Crippen LogP) is 4.22. The Balaban J connectivity index is 1.91. The number of anilines is 3. The first-order valence-corrected chi connectivity index (χ1v) is 8.05. The summed E-state index contributed by atoms with van der Waals surface area (Å²) in [5.41, 5.74) is 2.01. The molecular weight excluding hydrogens is 338 g/mol. The van der Waals surface area contributed by atoms with Crippen molar-refractivity contribution in [1.82, 2.24) is 9.97 Å². The Labute approximate surface area is 150 Å². The van der Waals surface area contributed by atoms with Gasteiger partial charge in [-0.05, 0) is 12.1 Å². The Morgan fingerprint density at radius 1 is 0.962 bits per heavy atom. The fraction of sp³-hybridized carbons (Fsp3) is 0.158. The molecule has 0 aliphatic carbocycles. The number of methoxy groups -OCH3 is 1. The average molecular weight is 356 g/mol. The van der Waals surface area contributed by atoms with Crippen molar-refractivity contribution in [3.8, 4) is 11.3 Å². The van der Waals surface area contributed by atoms with Gasteiger partial charge in [-0.2, -0.15) is 4.98 Å². The lowest BCUT2D eigenvalue weighted by Crippen LogP contribution is -2.11. The Morgan fingerprint density at radius 3 is 2.50 bits per heavy atom. The van der Waals surface area contributed by atoms with Crippen LogP contribution in [0.3, 0.4) is 0 Å². The molecule has 0 aliphatic rings. The van der Waals surface area contributed by atoms with Gasteiger partial charge < -0.3 is 15.4 Å². The van der Waals surface area contributed by atoms with Crippen molar-refractivity contribution in [1.29, 1.82) is 0 Å². The van der Waals surface area contributed by atoms with E-state index in [1.807, 2.05) is 30.3 Å². The van der Waals surface area contributed by atoms with E-state index in [-0.39, 0.29) is 0 Å². The van der Waals surface area contributed by atoms with Crippen LogP contribution in [0.1, 0.15) is 0 Å². The summed E-state index contributed by atoms with van der Waals surface area (Å²) in [6.07, 6.45) is 0. The van der Waals surface area contributed by atoms with E-state index < -0.39 is 11.6 Å². The monoisotopic (exact) mass is 356 g/mol. The van der Waals surface area contributed by atoms with Gasteiger partial charge in [0.15, 0.2) is 11.6 Å². The van der Waals surface area contributed by atoms with E-state index in [1.54, 1.807) is 13.2 Å². The normalized spacial score (nSPS) is 10.6. The van der Waals surface area contributed by atoms with E-state index in [2.05, 4.69) is 20.6 Å². The first-order chi connectivity index (χ1) is 12.7. The van der Waals surface area contributed by atoms with Crippen LogP contribution in [0.15, 0.2) is 54.6 Å². The summed E-state index contributed by atoms with van der Waals surface area (Å²) in [5.74, 6) is -0.950. The molecule has 5 nitrogen and oxygen atoms in total. The van der Waals surface area contributed by atoms with Gasteiger partial charge in [0.05, 0.1) is 12.3 Å². The third-order valence-corrected chi connectivity index (χ3v) is 3.58. The molecule has 0 atom stereocenters. The summed E-state index contributed by atoms with van der Waals surface area (Å²) >= 11 is 0. The molecule has 0 saturated heterocycles. The number of benzene rings is 2. The van der Waals surface area contributed by atoms with Gasteiger partial charge >= 0.3 is 0 Å². The van der Waals surface area contributed by atoms with Crippen LogP contribution in [0.4, 0.5) is 26.2 Å². The summed E-state index contributed by atoms with van der Waals surface area (Å²) < 4.78 is 31.6. The highest BCUT2D eigenvalue weighted by Crippen LogP contribution is 2.24. The molecule has 0 spiro atoms. The lowest BCUT2D eigenvalue weighted by Gasteiger charge is -2.11. The lowest BCUT2D eigenvalue weighted by molar-refractivity contribution is 0.210. The second-order valence-corrected chi connectivity index (χ2v) is 5.50. The van der Waals surface area contributed by atoms with Crippen LogP contribution in [0.2, 0.25) is 0 Å². The summed E-state index contributed by atoms with van der Waals surface area (Å²) in [5, 5.41) is 6.07. The van der Waals surface area contributed by atoms with E-state index in [1.165, 1.54) is 6.07 Å². The van der Waals surface area contributed by atoms with E-state index >= 15 is 0 Å². The predicted molar refractivity (Wildman–Crippen MR) is 97.5 cm³/mol. The second-order valence-electron chi connectivity index (χ2n) is 5.50. The van der Waals surface area contributed by atoms with Crippen LogP contribution >= 0.6 is 0 Å². The Morgan fingerprint density at radius 2 is 1.77 bits per heavy atom. The summed E-state index contributed by atoms with van der Waals surface area (Å²) in [6.45, 7) is 1.05. The number of rotatable bonds is 7. The molecule has 1 heterocycles. The maximum absolute atomic E-state index is 13.4. The quantitative estimate of drug-likeness (QED) is 0.621. The van der Waals surface area contributed by atoms with Crippen molar-refractivity contribution < 1.29 is 13.5 Å². The number of hydrogen-bond donors (Lipinski definition) is 2. The van der Waals surface area contributed by atoms with Crippen LogP contribution < -0.4 is 10.6 Å². The van der Waals surface area contributed by atoms with Gasteiger partial charge in [-0.25, -0.2) is 13.8 Å². The number of ether oxygens (including phenoxy) is 1. The van der Waals surface area contributed by atoms with E-state index in [0.29, 0.717) is 36.3 Å². The number of halogens is 2. The van der Waals surface area contributed by atoms with Gasteiger partial charge in [0.25, 0.3) is 0 Å². The molecule has 2 aromatic carbocycles. The van der Waals surface area contributed by atoms with Crippen LogP contribution in [-0.4, -0.2) is 30.2 Å². The maximum Gasteiger partial charge on any atom is 0.225 e. The molecule has 0 fully saturated rings. The van der Waals surface area contributed by atoms with Crippen LogP contribution in [0, 0.1) is 11.6 Å². The zero-order valence-corrected chi connectivity index (χ0v) is 14.2. The Bertz CT molecular complexity index is 875. The number of aromatic nitrogens is 2. The molecule has 3 rings (SSSR count). The standard InChI is InChI=1S/C19H18F2N4O/c1-26-10-9-22-19-24-17(13-5-3-2-4-6-13)12-18(25-19)23-14-7-8-15(20)16(21)11-14/h2-8,11-12H,9-10H2,1H3,(H2,22,23,24,25). The molecule has 0 bridgehead atoms. The highest BCUT2D eigenvalue weighted by Gasteiger charge is 2.08. The minimum Gasteiger partial charge on any atom is -0.383 e. The van der Waals surface area contributed by atoms with Crippen molar-refractivity contribution in [3.05, 3.63) is 66.2 Å². The van der Waals surface area contributed by atoms with Crippen LogP contribution in [0.25, 0.3) is 11.3 Å². The van der Waals surface area contributed by atoms with Crippen molar-refractivity contribution in [3.63, 3.8) is 0 Å². The van der Waals surface area contributed by atoms with Gasteiger partial charge in [-0.15, -0.1) is 0 Å². The molecule has 134 valence electrons. The fourth-order valence-electron chi connectivity index (χ4n) is 2.33. The topological polar surface area (TPSA) is 59.1 Å². The Hall–Kier alpha value is -3.06. The number of nitrogens with zero attached hydrogens (tertiary/aromatic N) is 2. The largest absolute Gasteiger partial charge is 0.383 e. The first-order valence-electron chi connectivity index (χ1n) is 8.05. The fourth-order valence-corrected chi connectivity index (χ4v) is 2.33. The molecule has 3 aromatic rings. The van der Waals surface area contributed by atoms with Gasteiger partial charge in [-0.1, -0.05) is 30.3 Å². The zero-order chi connectivity index (χ0) is 18.4. The molecule has 26 heavy (non-hydrogen) atoms. The van der Waals surface area contributed by atoms with E-state index in [0.717, 1.165) is 17.7 Å². The number of hydrogen-bond acceptors (Lipinski definition) is 5. The highest BCUT2D eigenvalue weighted by atomic mass is 19.2. The van der Waals surface area contributed by atoms with Crippen molar-refractivity contribution in [2.45, 2.75) is 0 Å². The first kappa shape index (κ1) is 17.8.